The summed E-state index contributed by atoms with van der Waals surface area (Å²) in [5, 5.41) is 5.78. The van der Waals surface area contributed by atoms with E-state index in [0.717, 1.165) is 6.54 Å². The molecule has 1 atom stereocenters. The Hall–Kier alpha value is -3.13. The lowest BCUT2D eigenvalue weighted by molar-refractivity contribution is -0.118. The van der Waals surface area contributed by atoms with Gasteiger partial charge < -0.3 is 25.0 Å². The molecule has 0 aliphatic carbocycles. The number of pyridine rings is 1. The van der Waals surface area contributed by atoms with Gasteiger partial charge in [0.05, 0.1) is 23.9 Å². The Morgan fingerprint density at radius 3 is 2.50 bits per heavy atom. The summed E-state index contributed by atoms with van der Waals surface area (Å²) in [6.07, 6.45) is 0. The first-order valence-electron chi connectivity index (χ1n) is 10.8. The highest BCUT2D eigenvalue weighted by Gasteiger charge is 2.19. The van der Waals surface area contributed by atoms with Crippen LogP contribution in [0.4, 0.5) is 5.69 Å². The molecule has 2 amide bonds. The van der Waals surface area contributed by atoms with Gasteiger partial charge >= 0.3 is 0 Å². The summed E-state index contributed by atoms with van der Waals surface area (Å²) in [4.78, 5) is 31.6. The maximum Gasteiger partial charge on any atom is 0.255 e. The number of nitrogens with zero attached hydrogens (tertiary/aromatic N) is 2. The van der Waals surface area contributed by atoms with E-state index in [-0.39, 0.29) is 23.8 Å². The minimum Gasteiger partial charge on any atom is -0.493 e. The molecule has 0 saturated heterocycles. The molecule has 0 spiro atoms. The average Bonchev–Trinajstić information content (AvgIpc) is 2.74. The first kappa shape index (κ1) is 25.1. The van der Waals surface area contributed by atoms with Gasteiger partial charge in [-0.3, -0.25) is 9.59 Å². The molecule has 8 heteroatoms. The number of likely N-dealkylation sites (N-methyl/N-ethyl adjacent to an activating group) is 1. The number of anilines is 1. The van der Waals surface area contributed by atoms with E-state index >= 15 is 0 Å². The van der Waals surface area contributed by atoms with Crippen LogP contribution >= 0.6 is 0 Å². The molecule has 8 nitrogen and oxygen atoms in total. The lowest BCUT2D eigenvalue weighted by Crippen LogP contribution is -2.28. The van der Waals surface area contributed by atoms with E-state index in [1.54, 1.807) is 24.3 Å². The van der Waals surface area contributed by atoms with Gasteiger partial charge in [-0.05, 0) is 52.2 Å². The fourth-order valence-corrected chi connectivity index (χ4v) is 2.79. The summed E-state index contributed by atoms with van der Waals surface area (Å²) in [6.45, 7) is 9.05. The molecular weight excluding hydrogens is 408 g/mol. The van der Waals surface area contributed by atoms with Crippen LogP contribution in [-0.2, 0) is 4.79 Å². The minimum atomic E-state index is -0.358. The number of ether oxygens (including phenoxy) is 2. The second-order valence-corrected chi connectivity index (χ2v) is 8.04. The van der Waals surface area contributed by atoms with Crippen molar-refractivity contribution >= 4 is 17.5 Å². The van der Waals surface area contributed by atoms with Crippen LogP contribution in [0.3, 0.4) is 0 Å². The fourth-order valence-electron chi connectivity index (χ4n) is 2.79. The van der Waals surface area contributed by atoms with Crippen LogP contribution in [0, 0.1) is 5.92 Å². The van der Waals surface area contributed by atoms with Gasteiger partial charge in [0.1, 0.15) is 12.4 Å². The van der Waals surface area contributed by atoms with Crippen molar-refractivity contribution in [1.82, 2.24) is 15.2 Å². The molecular formula is C24H34N4O4. The quantitative estimate of drug-likeness (QED) is 0.553. The summed E-state index contributed by atoms with van der Waals surface area (Å²) >= 11 is 0. The van der Waals surface area contributed by atoms with Gasteiger partial charge in [0.2, 0.25) is 11.8 Å². The van der Waals surface area contributed by atoms with Crippen molar-refractivity contribution in [1.29, 1.82) is 0 Å². The molecule has 174 valence electrons. The Labute approximate surface area is 190 Å². The summed E-state index contributed by atoms with van der Waals surface area (Å²) in [7, 11) is 3.95. The van der Waals surface area contributed by atoms with E-state index in [1.807, 2.05) is 58.8 Å². The predicted molar refractivity (Wildman–Crippen MR) is 125 cm³/mol. The van der Waals surface area contributed by atoms with Gasteiger partial charge in [0, 0.05) is 24.2 Å². The van der Waals surface area contributed by atoms with E-state index in [4.69, 9.17) is 9.47 Å². The number of carbonyl (C=O) groups is 2. The molecule has 1 heterocycles. The fraction of sp³-hybridized carbons (Fsp3) is 0.458. The molecule has 0 bridgehead atoms. The maximum absolute atomic E-state index is 13.1. The smallest absolute Gasteiger partial charge is 0.255 e. The highest BCUT2D eigenvalue weighted by atomic mass is 16.5. The zero-order valence-electron chi connectivity index (χ0n) is 19.8. The van der Waals surface area contributed by atoms with Crippen molar-refractivity contribution in [3.05, 3.63) is 47.7 Å². The summed E-state index contributed by atoms with van der Waals surface area (Å²) in [5.41, 5.74) is 1.57. The average molecular weight is 443 g/mol. The number of carbonyl (C=O) groups excluding carboxylic acids is 2. The molecule has 0 saturated carbocycles. The number of rotatable bonds is 11. The SMILES string of the molecule is CCOc1ccc(NC(=O)C(C)C)cc1C(=O)NC(C)c1cccc(OCCN(C)C)n1. The molecule has 0 fully saturated rings. The number of amides is 2. The van der Waals surface area contributed by atoms with Crippen LogP contribution in [0.5, 0.6) is 11.6 Å². The topological polar surface area (TPSA) is 92.8 Å². The Bertz CT molecular complexity index is 915. The van der Waals surface area contributed by atoms with Crippen molar-refractivity contribution in [3.8, 4) is 11.6 Å². The molecule has 0 aliphatic rings. The second kappa shape index (κ2) is 12.0. The Balaban J connectivity index is 2.15. The van der Waals surface area contributed by atoms with Crippen LogP contribution in [-0.4, -0.2) is 55.6 Å². The normalized spacial score (nSPS) is 11.9. The molecule has 0 aliphatic heterocycles. The number of hydrogen-bond donors (Lipinski definition) is 2. The van der Waals surface area contributed by atoms with Crippen molar-refractivity contribution in [2.45, 2.75) is 33.7 Å². The van der Waals surface area contributed by atoms with Crippen LogP contribution < -0.4 is 20.1 Å². The van der Waals surface area contributed by atoms with E-state index in [9.17, 15) is 9.59 Å². The van der Waals surface area contributed by atoms with E-state index in [2.05, 4.69) is 15.6 Å². The molecule has 2 N–H and O–H groups in total. The van der Waals surface area contributed by atoms with Gasteiger partial charge in [0.15, 0.2) is 0 Å². The van der Waals surface area contributed by atoms with Crippen molar-refractivity contribution in [3.63, 3.8) is 0 Å². The second-order valence-electron chi connectivity index (χ2n) is 8.04. The molecule has 1 aromatic heterocycles. The molecule has 1 unspecified atom stereocenters. The highest BCUT2D eigenvalue weighted by Crippen LogP contribution is 2.25. The number of benzene rings is 1. The summed E-state index contributed by atoms with van der Waals surface area (Å²) in [6, 6.07) is 10.2. The van der Waals surface area contributed by atoms with Gasteiger partial charge in [-0.2, -0.15) is 0 Å². The first-order chi connectivity index (χ1) is 15.2. The van der Waals surface area contributed by atoms with Crippen LogP contribution in [0.15, 0.2) is 36.4 Å². The third kappa shape index (κ3) is 7.53. The number of nitrogens with one attached hydrogen (secondary N) is 2. The first-order valence-corrected chi connectivity index (χ1v) is 10.8. The number of hydrogen-bond acceptors (Lipinski definition) is 6. The molecule has 0 radical (unpaired) electrons. The van der Waals surface area contributed by atoms with Gasteiger partial charge in [-0.1, -0.05) is 19.9 Å². The van der Waals surface area contributed by atoms with Crippen LogP contribution in [0.1, 0.15) is 49.8 Å². The van der Waals surface area contributed by atoms with Crippen LogP contribution in [0.25, 0.3) is 0 Å². The maximum atomic E-state index is 13.1. The zero-order valence-corrected chi connectivity index (χ0v) is 19.8. The van der Waals surface area contributed by atoms with Gasteiger partial charge in [-0.25, -0.2) is 4.98 Å². The zero-order chi connectivity index (χ0) is 23.7. The van der Waals surface area contributed by atoms with Gasteiger partial charge in [0.25, 0.3) is 5.91 Å². The third-order valence-corrected chi connectivity index (χ3v) is 4.64. The lowest BCUT2D eigenvalue weighted by atomic mass is 10.1. The largest absolute Gasteiger partial charge is 0.493 e. The monoisotopic (exact) mass is 442 g/mol. The van der Waals surface area contributed by atoms with Crippen molar-refractivity contribution in [2.75, 3.05) is 39.2 Å². The van der Waals surface area contributed by atoms with E-state index < -0.39 is 0 Å². The predicted octanol–water partition coefficient (Wildman–Crippen LogP) is 3.51. The van der Waals surface area contributed by atoms with Gasteiger partial charge in [-0.15, -0.1) is 0 Å². The molecule has 1 aromatic carbocycles. The standard InChI is InChI=1S/C24H34N4O4/c1-7-31-21-12-11-18(26-23(29)16(2)3)15-19(21)24(30)25-17(4)20-9-8-10-22(27-20)32-14-13-28(5)6/h8-12,15-17H,7,13-14H2,1-6H3,(H,25,30)(H,26,29). The van der Waals surface area contributed by atoms with E-state index in [1.165, 1.54) is 0 Å². The Morgan fingerprint density at radius 1 is 1.09 bits per heavy atom. The van der Waals surface area contributed by atoms with Crippen molar-refractivity contribution < 1.29 is 19.1 Å². The third-order valence-electron chi connectivity index (χ3n) is 4.64. The number of aromatic nitrogens is 1. The Morgan fingerprint density at radius 2 is 1.84 bits per heavy atom. The minimum absolute atomic E-state index is 0.121. The lowest BCUT2D eigenvalue weighted by Gasteiger charge is -2.17. The molecule has 2 aromatic rings. The highest BCUT2D eigenvalue weighted by molar-refractivity contribution is 6.00. The summed E-state index contributed by atoms with van der Waals surface area (Å²) < 4.78 is 11.3. The summed E-state index contributed by atoms with van der Waals surface area (Å²) in [5.74, 6) is 0.357. The van der Waals surface area contributed by atoms with Crippen molar-refractivity contribution in [2.24, 2.45) is 5.92 Å². The Kier molecular flexibility index (Phi) is 9.46. The molecule has 2 rings (SSSR count). The molecule has 32 heavy (non-hydrogen) atoms. The van der Waals surface area contributed by atoms with Crippen LogP contribution in [0.2, 0.25) is 0 Å². The van der Waals surface area contributed by atoms with E-state index in [0.29, 0.717) is 41.8 Å².